The summed E-state index contributed by atoms with van der Waals surface area (Å²) in [6, 6.07) is 10.00. The second-order valence-corrected chi connectivity index (χ2v) is 7.56. The maximum atomic E-state index is 14.0. The van der Waals surface area contributed by atoms with E-state index in [4.69, 9.17) is 15.2 Å². The predicted octanol–water partition coefficient (Wildman–Crippen LogP) is 4.62. The SMILES string of the molecule is COC(=O)C1=C(C(=O)OC)N(c2ccc(C(F)(F)F)cc2C(F)(F)F)C(N)=C(C#N)C1c1ccccc1. The van der Waals surface area contributed by atoms with Crippen LogP contribution in [0.25, 0.3) is 0 Å². The number of nitriles is 1. The van der Waals surface area contributed by atoms with Crippen LogP contribution in [0.5, 0.6) is 0 Å². The highest BCUT2D eigenvalue weighted by atomic mass is 19.4. The molecule has 2 aromatic carbocycles. The first kappa shape index (κ1) is 27.1. The lowest BCUT2D eigenvalue weighted by Gasteiger charge is -2.37. The number of methoxy groups -OCH3 is 2. The molecular weight excluding hydrogens is 508 g/mol. The maximum Gasteiger partial charge on any atom is 0.418 e. The Labute approximate surface area is 206 Å². The van der Waals surface area contributed by atoms with E-state index in [2.05, 4.69) is 0 Å². The summed E-state index contributed by atoms with van der Waals surface area (Å²) in [5.74, 6) is -4.66. The molecule has 0 saturated heterocycles. The van der Waals surface area contributed by atoms with E-state index < -0.39 is 69.7 Å². The number of nitrogens with two attached hydrogens (primary N) is 1. The molecule has 7 nitrogen and oxygen atoms in total. The van der Waals surface area contributed by atoms with E-state index >= 15 is 0 Å². The lowest BCUT2D eigenvalue weighted by Crippen LogP contribution is -2.41. The van der Waals surface area contributed by atoms with Crippen molar-refractivity contribution in [2.45, 2.75) is 18.3 Å². The monoisotopic (exact) mass is 525 g/mol. The molecule has 37 heavy (non-hydrogen) atoms. The maximum absolute atomic E-state index is 14.0. The van der Waals surface area contributed by atoms with Crippen molar-refractivity contribution in [3.8, 4) is 6.07 Å². The summed E-state index contributed by atoms with van der Waals surface area (Å²) in [5, 5.41) is 9.92. The number of benzene rings is 2. The summed E-state index contributed by atoms with van der Waals surface area (Å²) in [6.45, 7) is 0. The van der Waals surface area contributed by atoms with Crippen LogP contribution < -0.4 is 10.6 Å². The van der Waals surface area contributed by atoms with Gasteiger partial charge < -0.3 is 15.2 Å². The van der Waals surface area contributed by atoms with Gasteiger partial charge in [-0.25, -0.2) is 9.59 Å². The summed E-state index contributed by atoms with van der Waals surface area (Å²) in [4.78, 5) is 26.3. The number of esters is 2. The zero-order valence-corrected chi connectivity index (χ0v) is 19.1. The molecule has 0 aromatic heterocycles. The van der Waals surface area contributed by atoms with Gasteiger partial charge in [0.2, 0.25) is 0 Å². The molecule has 0 radical (unpaired) electrons. The molecule has 2 N–H and O–H groups in total. The van der Waals surface area contributed by atoms with Crippen molar-refractivity contribution in [3.05, 3.63) is 87.9 Å². The number of hydrogen-bond acceptors (Lipinski definition) is 7. The Balaban J connectivity index is 2.50. The number of anilines is 1. The van der Waals surface area contributed by atoms with Crippen molar-refractivity contribution < 1.29 is 45.4 Å². The van der Waals surface area contributed by atoms with Gasteiger partial charge >= 0.3 is 24.3 Å². The molecule has 0 bridgehead atoms. The number of carbonyl (C=O) groups excluding carboxylic acids is 2. The quantitative estimate of drug-likeness (QED) is 0.459. The van der Waals surface area contributed by atoms with E-state index in [0.717, 1.165) is 14.2 Å². The fourth-order valence-corrected chi connectivity index (χ4v) is 3.90. The van der Waals surface area contributed by atoms with E-state index in [1.54, 1.807) is 12.1 Å². The smallest absolute Gasteiger partial charge is 0.418 e. The van der Waals surface area contributed by atoms with Gasteiger partial charge in [-0.2, -0.15) is 31.6 Å². The van der Waals surface area contributed by atoms with Crippen LogP contribution in [-0.2, 0) is 31.4 Å². The van der Waals surface area contributed by atoms with Crippen LogP contribution >= 0.6 is 0 Å². The highest BCUT2D eigenvalue weighted by Gasteiger charge is 2.46. The van der Waals surface area contributed by atoms with Gasteiger partial charge in [0.1, 0.15) is 11.5 Å². The minimum atomic E-state index is -5.37. The predicted molar refractivity (Wildman–Crippen MR) is 116 cm³/mol. The Morgan fingerprint density at radius 3 is 2.03 bits per heavy atom. The van der Waals surface area contributed by atoms with Gasteiger partial charge in [-0.1, -0.05) is 30.3 Å². The van der Waals surface area contributed by atoms with Gasteiger partial charge in [0.15, 0.2) is 0 Å². The number of ether oxygens (including phenoxy) is 2. The molecule has 3 rings (SSSR count). The Morgan fingerprint density at radius 2 is 1.54 bits per heavy atom. The van der Waals surface area contributed by atoms with Crippen molar-refractivity contribution in [2.24, 2.45) is 5.73 Å². The Morgan fingerprint density at radius 1 is 0.946 bits per heavy atom. The van der Waals surface area contributed by atoms with E-state index in [9.17, 15) is 41.2 Å². The molecule has 13 heteroatoms. The lowest BCUT2D eigenvalue weighted by molar-refractivity contribution is -0.143. The van der Waals surface area contributed by atoms with Crippen LogP contribution in [0, 0.1) is 11.3 Å². The number of nitrogens with zero attached hydrogens (tertiary/aromatic N) is 2. The van der Waals surface area contributed by atoms with Crippen LogP contribution in [0.1, 0.15) is 22.6 Å². The van der Waals surface area contributed by atoms with Gasteiger partial charge in [-0.3, -0.25) is 4.90 Å². The van der Waals surface area contributed by atoms with Gasteiger partial charge in [0.25, 0.3) is 0 Å². The van der Waals surface area contributed by atoms with Crippen molar-refractivity contribution >= 4 is 17.6 Å². The largest absolute Gasteiger partial charge is 0.466 e. The summed E-state index contributed by atoms with van der Waals surface area (Å²) >= 11 is 0. The molecule has 1 unspecified atom stereocenters. The number of alkyl halides is 6. The number of rotatable bonds is 4. The molecule has 194 valence electrons. The van der Waals surface area contributed by atoms with Gasteiger partial charge in [0, 0.05) is 0 Å². The summed E-state index contributed by atoms with van der Waals surface area (Å²) in [7, 11) is 1.81. The van der Waals surface area contributed by atoms with Gasteiger partial charge in [0.05, 0.1) is 54.2 Å². The average Bonchev–Trinajstić information content (AvgIpc) is 2.86. The third kappa shape index (κ3) is 4.95. The van der Waals surface area contributed by atoms with Crippen LogP contribution in [0.15, 0.2) is 71.2 Å². The third-order valence-electron chi connectivity index (χ3n) is 5.48. The number of allylic oxidation sites excluding steroid dienone is 1. The highest BCUT2D eigenvalue weighted by molar-refractivity contribution is 6.06. The van der Waals surface area contributed by atoms with Crippen LogP contribution in [-0.4, -0.2) is 26.2 Å². The fraction of sp³-hybridized carbons (Fsp3) is 0.208. The fourth-order valence-electron chi connectivity index (χ4n) is 3.90. The number of halogens is 6. The first-order valence-corrected chi connectivity index (χ1v) is 10.2. The molecule has 0 spiro atoms. The third-order valence-corrected chi connectivity index (χ3v) is 5.48. The highest BCUT2D eigenvalue weighted by Crippen LogP contribution is 2.47. The van der Waals surface area contributed by atoms with E-state index in [1.807, 2.05) is 0 Å². The minimum absolute atomic E-state index is 0.162. The molecule has 0 saturated carbocycles. The molecule has 0 aliphatic carbocycles. The van der Waals surface area contributed by atoms with Gasteiger partial charge in [-0.15, -0.1) is 0 Å². The molecule has 0 amide bonds. The molecule has 1 aliphatic heterocycles. The van der Waals surface area contributed by atoms with Gasteiger partial charge in [-0.05, 0) is 23.8 Å². The zero-order chi connectivity index (χ0) is 27.7. The standard InChI is InChI=1S/C24H17F6N3O4/c1-36-21(34)18-17(12-6-4-3-5-7-12)14(11-31)20(32)33(19(18)22(35)37-2)16-9-8-13(23(25,26)27)10-15(16)24(28,29)30/h3-10,17H,32H2,1-2H3. The van der Waals surface area contributed by atoms with Crippen LogP contribution in [0.4, 0.5) is 32.0 Å². The second kappa shape index (κ2) is 9.88. The molecule has 1 aliphatic rings. The second-order valence-electron chi connectivity index (χ2n) is 7.56. The first-order valence-electron chi connectivity index (χ1n) is 10.2. The summed E-state index contributed by atoms with van der Waals surface area (Å²) in [6.07, 6.45) is -10.5. The zero-order valence-electron chi connectivity index (χ0n) is 19.1. The molecule has 0 fully saturated rings. The summed E-state index contributed by atoms with van der Waals surface area (Å²) < 4.78 is 91.2. The van der Waals surface area contributed by atoms with E-state index in [-0.39, 0.29) is 11.6 Å². The van der Waals surface area contributed by atoms with Crippen molar-refractivity contribution in [3.63, 3.8) is 0 Å². The number of carbonyl (C=O) groups is 2. The topological polar surface area (TPSA) is 106 Å². The minimum Gasteiger partial charge on any atom is -0.466 e. The molecule has 1 heterocycles. The Kier molecular flexibility index (Phi) is 7.25. The Bertz CT molecular complexity index is 1340. The Hall–Kier alpha value is -4.47. The van der Waals surface area contributed by atoms with Crippen molar-refractivity contribution in [2.75, 3.05) is 19.1 Å². The molecule has 1 atom stereocenters. The van der Waals surface area contributed by atoms with Crippen molar-refractivity contribution in [1.82, 2.24) is 0 Å². The van der Waals surface area contributed by atoms with Crippen LogP contribution in [0.2, 0.25) is 0 Å². The van der Waals surface area contributed by atoms with E-state index in [0.29, 0.717) is 17.0 Å². The number of hydrogen-bond donors (Lipinski definition) is 1. The lowest BCUT2D eigenvalue weighted by atomic mass is 9.80. The normalized spacial score (nSPS) is 16.4. The molecular formula is C24H17F6N3O4. The molecule has 2 aromatic rings. The van der Waals surface area contributed by atoms with E-state index in [1.165, 1.54) is 24.3 Å². The van der Waals surface area contributed by atoms with Crippen molar-refractivity contribution in [1.29, 1.82) is 5.26 Å². The summed E-state index contributed by atoms with van der Waals surface area (Å²) in [5.41, 5.74) is -0.0265. The first-order chi connectivity index (χ1) is 17.3. The average molecular weight is 525 g/mol. The van der Waals surface area contributed by atoms with Crippen LogP contribution in [0.3, 0.4) is 0 Å².